The van der Waals surface area contributed by atoms with E-state index < -0.39 is 0 Å². The smallest absolute Gasteiger partial charge is 0.138 e. The van der Waals surface area contributed by atoms with Gasteiger partial charge in [-0.2, -0.15) is 5.10 Å². The molecule has 1 fully saturated rings. The Labute approximate surface area is 109 Å². The molecule has 1 N–H and O–H groups in total. The second kappa shape index (κ2) is 5.00. The van der Waals surface area contributed by atoms with E-state index >= 15 is 0 Å². The van der Waals surface area contributed by atoms with Crippen LogP contribution in [0.15, 0.2) is 6.33 Å². The summed E-state index contributed by atoms with van der Waals surface area (Å²) in [5.41, 5.74) is 0.252. The van der Waals surface area contributed by atoms with E-state index in [2.05, 4.69) is 37.8 Å². The average Bonchev–Trinajstić information content (AvgIpc) is 2.83. The van der Waals surface area contributed by atoms with Crippen LogP contribution in [0.4, 0.5) is 0 Å². The summed E-state index contributed by atoms with van der Waals surface area (Å²) in [5.74, 6) is 1.29. The average molecular weight is 251 g/mol. The van der Waals surface area contributed by atoms with E-state index in [0.29, 0.717) is 18.4 Å². The van der Waals surface area contributed by atoms with Crippen molar-refractivity contribution >= 4 is 0 Å². The van der Waals surface area contributed by atoms with E-state index in [4.69, 9.17) is 0 Å². The Morgan fingerprint density at radius 1 is 1.50 bits per heavy atom. The van der Waals surface area contributed by atoms with Crippen molar-refractivity contribution in [3.8, 4) is 0 Å². The van der Waals surface area contributed by atoms with Gasteiger partial charge in [0.2, 0.25) is 0 Å². The zero-order valence-corrected chi connectivity index (χ0v) is 11.9. The van der Waals surface area contributed by atoms with Crippen molar-refractivity contribution in [1.29, 1.82) is 0 Å². The second-order valence-electron chi connectivity index (χ2n) is 6.47. The third kappa shape index (κ3) is 2.58. The number of aliphatic hydroxyl groups excluding tert-OH is 1. The summed E-state index contributed by atoms with van der Waals surface area (Å²) in [6.07, 6.45) is 5.47. The summed E-state index contributed by atoms with van der Waals surface area (Å²) in [6.45, 7) is 8.70. The minimum Gasteiger partial charge on any atom is -0.392 e. The molecule has 0 aromatic carbocycles. The molecule has 1 aromatic heterocycles. The fourth-order valence-corrected chi connectivity index (χ4v) is 3.25. The molecule has 4 heteroatoms. The number of hydrogen-bond donors (Lipinski definition) is 1. The molecule has 0 bridgehead atoms. The molecule has 1 heterocycles. The van der Waals surface area contributed by atoms with Gasteiger partial charge >= 0.3 is 0 Å². The van der Waals surface area contributed by atoms with Gasteiger partial charge in [0.05, 0.1) is 6.10 Å². The van der Waals surface area contributed by atoms with Crippen LogP contribution in [0.25, 0.3) is 0 Å². The maximum Gasteiger partial charge on any atom is 0.138 e. The molecule has 0 amide bonds. The van der Waals surface area contributed by atoms with Gasteiger partial charge < -0.3 is 5.11 Å². The Balaban J connectivity index is 2.07. The normalized spacial score (nSPS) is 24.7. The van der Waals surface area contributed by atoms with Gasteiger partial charge in [0.15, 0.2) is 0 Å². The number of hydrogen-bond acceptors (Lipinski definition) is 3. The van der Waals surface area contributed by atoms with E-state index in [0.717, 1.165) is 12.2 Å². The first-order chi connectivity index (χ1) is 8.42. The van der Waals surface area contributed by atoms with Crippen molar-refractivity contribution < 1.29 is 5.11 Å². The van der Waals surface area contributed by atoms with Crippen LogP contribution in [-0.4, -0.2) is 26.0 Å². The maximum atomic E-state index is 10.5. The molecule has 1 saturated carbocycles. The highest BCUT2D eigenvalue weighted by molar-refractivity contribution is 4.96. The highest BCUT2D eigenvalue weighted by Crippen LogP contribution is 2.44. The SMILES string of the molecule is CC(C)n1ncnc1CC(O)C1CCCC1(C)C. The molecule has 102 valence electrons. The zero-order chi connectivity index (χ0) is 13.3. The molecule has 0 aliphatic heterocycles. The van der Waals surface area contributed by atoms with E-state index in [1.807, 2.05) is 4.68 Å². The summed E-state index contributed by atoms with van der Waals surface area (Å²) >= 11 is 0. The van der Waals surface area contributed by atoms with Crippen LogP contribution in [0.3, 0.4) is 0 Å². The van der Waals surface area contributed by atoms with Crippen LogP contribution in [0.5, 0.6) is 0 Å². The van der Waals surface area contributed by atoms with Gasteiger partial charge in [-0.1, -0.05) is 20.3 Å². The van der Waals surface area contributed by atoms with Gasteiger partial charge in [0, 0.05) is 12.5 Å². The molecule has 2 unspecified atom stereocenters. The number of aliphatic hydroxyl groups is 1. The minimum absolute atomic E-state index is 0.252. The van der Waals surface area contributed by atoms with Crippen LogP contribution in [0, 0.1) is 11.3 Å². The van der Waals surface area contributed by atoms with Crippen molar-refractivity contribution in [1.82, 2.24) is 14.8 Å². The van der Waals surface area contributed by atoms with Crippen LogP contribution in [-0.2, 0) is 6.42 Å². The van der Waals surface area contributed by atoms with Gasteiger partial charge in [0.25, 0.3) is 0 Å². The lowest BCUT2D eigenvalue weighted by atomic mass is 9.78. The standard InChI is InChI=1S/C14H25N3O/c1-10(2)17-13(15-9-16-17)8-12(18)11-6-5-7-14(11,3)4/h9-12,18H,5-8H2,1-4H3. The fourth-order valence-electron chi connectivity index (χ4n) is 3.25. The maximum absolute atomic E-state index is 10.5. The highest BCUT2D eigenvalue weighted by atomic mass is 16.3. The summed E-state index contributed by atoms with van der Waals surface area (Å²) in [7, 11) is 0. The molecule has 0 saturated heterocycles. The molecular formula is C14H25N3O. The van der Waals surface area contributed by atoms with Crippen LogP contribution in [0.1, 0.15) is 58.8 Å². The molecule has 0 spiro atoms. The number of aromatic nitrogens is 3. The van der Waals surface area contributed by atoms with E-state index in [1.165, 1.54) is 12.8 Å². The molecule has 18 heavy (non-hydrogen) atoms. The molecule has 2 atom stereocenters. The van der Waals surface area contributed by atoms with Crippen molar-refractivity contribution in [3.63, 3.8) is 0 Å². The molecule has 0 radical (unpaired) electrons. The Morgan fingerprint density at radius 3 is 2.78 bits per heavy atom. The lowest BCUT2D eigenvalue weighted by molar-refractivity contribution is 0.0518. The predicted octanol–water partition coefficient (Wildman–Crippen LogP) is 2.59. The van der Waals surface area contributed by atoms with Gasteiger partial charge in [-0.15, -0.1) is 0 Å². The Kier molecular flexibility index (Phi) is 3.76. The lowest BCUT2D eigenvalue weighted by Crippen LogP contribution is -2.32. The fraction of sp³-hybridized carbons (Fsp3) is 0.857. The summed E-state index contributed by atoms with van der Waals surface area (Å²) in [5, 5.41) is 14.7. The van der Waals surface area contributed by atoms with Crippen LogP contribution in [0.2, 0.25) is 0 Å². The molecule has 1 aliphatic carbocycles. The summed E-state index contributed by atoms with van der Waals surface area (Å²) in [4.78, 5) is 4.29. The van der Waals surface area contributed by atoms with Crippen molar-refractivity contribution in [3.05, 3.63) is 12.2 Å². The Morgan fingerprint density at radius 2 is 2.22 bits per heavy atom. The zero-order valence-electron chi connectivity index (χ0n) is 11.9. The largest absolute Gasteiger partial charge is 0.392 e. The highest BCUT2D eigenvalue weighted by Gasteiger charge is 2.39. The Hall–Kier alpha value is -0.900. The quantitative estimate of drug-likeness (QED) is 0.895. The number of rotatable bonds is 4. The van der Waals surface area contributed by atoms with Gasteiger partial charge in [-0.05, 0) is 38.0 Å². The molecule has 2 rings (SSSR count). The molecule has 1 aliphatic rings. The first-order valence-corrected chi connectivity index (χ1v) is 6.98. The molecule has 4 nitrogen and oxygen atoms in total. The minimum atomic E-state index is -0.302. The Bertz CT molecular complexity index is 397. The third-order valence-electron chi connectivity index (χ3n) is 4.33. The summed E-state index contributed by atoms with van der Waals surface area (Å²) in [6, 6.07) is 0.297. The summed E-state index contributed by atoms with van der Waals surface area (Å²) < 4.78 is 1.91. The van der Waals surface area contributed by atoms with Crippen LogP contribution < -0.4 is 0 Å². The van der Waals surface area contributed by atoms with Crippen LogP contribution >= 0.6 is 0 Å². The van der Waals surface area contributed by atoms with E-state index in [-0.39, 0.29) is 11.5 Å². The third-order valence-corrected chi connectivity index (χ3v) is 4.33. The number of nitrogens with zero attached hydrogens (tertiary/aromatic N) is 3. The van der Waals surface area contributed by atoms with Crippen molar-refractivity contribution in [2.45, 2.75) is 65.5 Å². The van der Waals surface area contributed by atoms with Crippen molar-refractivity contribution in [2.24, 2.45) is 11.3 Å². The predicted molar refractivity (Wildman–Crippen MR) is 71.2 cm³/mol. The van der Waals surface area contributed by atoms with E-state index in [1.54, 1.807) is 6.33 Å². The second-order valence-corrected chi connectivity index (χ2v) is 6.47. The first-order valence-electron chi connectivity index (χ1n) is 6.98. The van der Waals surface area contributed by atoms with Gasteiger partial charge in [-0.3, -0.25) is 0 Å². The lowest BCUT2D eigenvalue weighted by Gasteiger charge is -2.31. The van der Waals surface area contributed by atoms with E-state index in [9.17, 15) is 5.11 Å². The molecular weight excluding hydrogens is 226 g/mol. The monoisotopic (exact) mass is 251 g/mol. The topological polar surface area (TPSA) is 50.9 Å². The van der Waals surface area contributed by atoms with Gasteiger partial charge in [-0.25, -0.2) is 9.67 Å². The van der Waals surface area contributed by atoms with Crippen molar-refractivity contribution in [2.75, 3.05) is 0 Å². The van der Waals surface area contributed by atoms with Gasteiger partial charge in [0.1, 0.15) is 12.2 Å². The molecule has 1 aromatic rings. The first kappa shape index (κ1) is 13.5.